The summed E-state index contributed by atoms with van der Waals surface area (Å²) < 4.78 is 16.7. The average Bonchev–Trinajstić information content (AvgIpc) is 3.29. The van der Waals surface area contributed by atoms with Crippen LogP contribution in [0.4, 0.5) is 0 Å². The van der Waals surface area contributed by atoms with E-state index in [4.69, 9.17) is 14.2 Å². The molecule has 0 aliphatic heterocycles. The smallest absolute Gasteiger partial charge is 0.200 e. The molecular formula is C26H25NO5. The number of Topliss-reactive ketones (excluding diaryl/α,β-unsaturated/α-hetero) is 1. The number of nitrogens with one attached hydrogen (secondary N) is 1. The second-order valence-corrected chi connectivity index (χ2v) is 7.35. The van der Waals surface area contributed by atoms with Crippen molar-refractivity contribution < 1.29 is 24.1 Å². The number of methoxy groups -OCH3 is 3. The van der Waals surface area contributed by atoms with Crippen LogP contribution in [0.15, 0.2) is 72.9 Å². The van der Waals surface area contributed by atoms with Crippen LogP contribution in [0, 0.1) is 0 Å². The van der Waals surface area contributed by atoms with Crippen molar-refractivity contribution >= 4 is 16.7 Å². The number of aromatic nitrogens is 1. The van der Waals surface area contributed by atoms with Crippen molar-refractivity contribution in [1.82, 2.24) is 4.98 Å². The molecule has 2 N–H and O–H groups in total. The number of carbonyl (C=O) groups is 1. The van der Waals surface area contributed by atoms with Gasteiger partial charge in [0.05, 0.1) is 30.7 Å². The maximum absolute atomic E-state index is 13.6. The Bertz CT molecular complexity index is 1220. The molecule has 0 spiro atoms. The molecule has 1 aromatic heterocycles. The molecule has 164 valence electrons. The highest BCUT2D eigenvalue weighted by atomic mass is 16.5. The molecular weight excluding hydrogens is 406 g/mol. The zero-order valence-corrected chi connectivity index (χ0v) is 18.2. The fraction of sp³-hybridized carbons (Fsp3) is 0.192. The summed E-state index contributed by atoms with van der Waals surface area (Å²) in [6.45, 7) is 0. The SMILES string of the molecule is COc1cc(OC)c2c(-c3ccccc3)c[nH]c2c1C(=O)C(O)C(OC)c1ccccc1. The summed E-state index contributed by atoms with van der Waals surface area (Å²) in [5.41, 5.74) is 3.34. The minimum Gasteiger partial charge on any atom is -0.496 e. The van der Waals surface area contributed by atoms with Crippen LogP contribution in [0.2, 0.25) is 0 Å². The molecule has 0 amide bonds. The Kier molecular flexibility index (Phi) is 6.25. The van der Waals surface area contributed by atoms with Gasteiger partial charge in [0.25, 0.3) is 0 Å². The van der Waals surface area contributed by atoms with Crippen LogP contribution in [-0.2, 0) is 4.74 Å². The third-order valence-electron chi connectivity index (χ3n) is 5.59. The summed E-state index contributed by atoms with van der Waals surface area (Å²) in [4.78, 5) is 16.8. The lowest BCUT2D eigenvalue weighted by molar-refractivity contribution is -0.00434. The Hall–Kier alpha value is -3.61. The first kappa shape index (κ1) is 21.6. The van der Waals surface area contributed by atoms with Gasteiger partial charge in [-0.3, -0.25) is 4.79 Å². The van der Waals surface area contributed by atoms with Crippen molar-refractivity contribution in [2.24, 2.45) is 0 Å². The van der Waals surface area contributed by atoms with Gasteiger partial charge in [0.15, 0.2) is 5.78 Å². The molecule has 4 rings (SSSR count). The maximum Gasteiger partial charge on any atom is 0.200 e. The first-order valence-corrected chi connectivity index (χ1v) is 10.2. The lowest BCUT2D eigenvalue weighted by atomic mass is 9.94. The van der Waals surface area contributed by atoms with E-state index in [0.29, 0.717) is 22.6 Å². The number of H-pyrrole nitrogens is 1. The Morgan fingerprint density at radius 1 is 0.906 bits per heavy atom. The van der Waals surface area contributed by atoms with Crippen molar-refractivity contribution in [3.05, 3.63) is 84.1 Å². The van der Waals surface area contributed by atoms with E-state index < -0.39 is 18.0 Å². The monoisotopic (exact) mass is 431 g/mol. The van der Waals surface area contributed by atoms with Crippen molar-refractivity contribution in [2.45, 2.75) is 12.2 Å². The highest BCUT2D eigenvalue weighted by Crippen LogP contribution is 2.42. The molecule has 2 unspecified atom stereocenters. The van der Waals surface area contributed by atoms with Crippen LogP contribution >= 0.6 is 0 Å². The van der Waals surface area contributed by atoms with Gasteiger partial charge in [0.1, 0.15) is 23.7 Å². The van der Waals surface area contributed by atoms with Gasteiger partial charge in [-0.05, 0) is 11.1 Å². The van der Waals surface area contributed by atoms with E-state index in [-0.39, 0.29) is 5.56 Å². The minimum atomic E-state index is -1.43. The molecule has 4 aromatic rings. The van der Waals surface area contributed by atoms with E-state index in [1.54, 1.807) is 13.2 Å². The number of benzene rings is 3. The van der Waals surface area contributed by atoms with Gasteiger partial charge < -0.3 is 24.3 Å². The summed E-state index contributed by atoms with van der Waals surface area (Å²) in [7, 11) is 4.52. The number of ketones is 1. The maximum atomic E-state index is 13.6. The Balaban J connectivity index is 1.88. The molecule has 0 saturated carbocycles. The van der Waals surface area contributed by atoms with Crippen LogP contribution in [0.25, 0.3) is 22.0 Å². The summed E-state index contributed by atoms with van der Waals surface area (Å²) >= 11 is 0. The molecule has 2 atom stereocenters. The predicted molar refractivity (Wildman–Crippen MR) is 123 cm³/mol. The van der Waals surface area contributed by atoms with Gasteiger partial charge >= 0.3 is 0 Å². The van der Waals surface area contributed by atoms with E-state index >= 15 is 0 Å². The summed E-state index contributed by atoms with van der Waals surface area (Å²) in [6.07, 6.45) is -0.429. The quantitative estimate of drug-likeness (QED) is 0.392. The average molecular weight is 431 g/mol. The normalized spacial score (nSPS) is 13.0. The topological polar surface area (TPSA) is 80.8 Å². The first-order chi connectivity index (χ1) is 15.6. The third kappa shape index (κ3) is 3.75. The molecule has 6 heteroatoms. The number of aromatic amines is 1. The predicted octanol–water partition coefficient (Wildman–Crippen LogP) is 4.78. The number of ether oxygens (including phenoxy) is 3. The van der Waals surface area contributed by atoms with Crippen molar-refractivity contribution in [3.8, 4) is 22.6 Å². The van der Waals surface area contributed by atoms with Gasteiger partial charge in [0.2, 0.25) is 0 Å². The van der Waals surface area contributed by atoms with Gasteiger partial charge in [-0.25, -0.2) is 0 Å². The van der Waals surface area contributed by atoms with E-state index in [9.17, 15) is 9.90 Å². The van der Waals surface area contributed by atoms with E-state index in [0.717, 1.165) is 16.5 Å². The first-order valence-electron chi connectivity index (χ1n) is 10.2. The minimum absolute atomic E-state index is 0.246. The molecule has 6 nitrogen and oxygen atoms in total. The van der Waals surface area contributed by atoms with Crippen LogP contribution in [0.3, 0.4) is 0 Å². The highest BCUT2D eigenvalue weighted by molar-refractivity contribution is 6.15. The molecule has 3 aromatic carbocycles. The summed E-state index contributed by atoms with van der Waals surface area (Å²) in [5, 5.41) is 11.8. The number of carbonyl (C=O) groups excluding carboxylic acids is 1. The van der Waals surface area contributed by atoms with Crippen LogP contribution < -0.4 is 9.47 Å². The zero-order valence-electron chi connectivity index (χ0n) is 18.2. The second-order valence-electron chi connectivity index (χ2n) is 7.35. The van der Waals surface area contributed by atoms with Gasteiger partial charge in [-0.1, -0.05) is 60.7 Å². The zero-order chi connectivity index (χ0) is 22.7. The lowest BCUT2D eigenvalue weighted by Crippen LogP contribution is -2.30. The third-order valence-corrected chi connectivity index (χ3v) is 5.59. The molecule has 0 aliphatic carbocycles. The summed E-state index contributed by atoms with van der Waals surface area (Å²) in [5.74, 6) is 0.365. The second kappa shape index (κ2) is 9.26. The number of aliphatic hydroxyl groups excluding tert-OH is 1. The van der Waals surface area contributed by atoms with Crippen molar-refractivity contribution in [1.29, 1.82) is 0 Å². The number of aliphatic hydroxyl groups is 1. The number of fused-ring (bicyclic) bond motifs is 1. The van der Waals surface area contributed by atoms with Crippen LogP contribution in [-0.4, -0.2) is 43.3 Å². The molecule has 32 heavy (non-hydrogen) atoms. The fourth-order valence-corrected chi connectivity index (χ4v) is 4.05. The highest BCUT2D eigenvalue weighted by Gasteiger charge is 2.33. The van der Waals surface area contributed by atoms with Crippen LogP contribution in [0.5, 0.6) is 11.5 Å². The Labute approximate surface area is 186 Å². The molecule has 0 bridgehead atoms. The van der Waals surface area contributed by atoms with Crippen molar-refractivity contribution in [3.63, 3.8) is 0 Å². The molecule has 0 saturated heterocycles. The number of rotatable bonds is 8. The van der Waals surface area contributed by atoms with E-state index in [1.807, 2.05) is 66.9 Å². The molecule has 0 aliphatic rings. The van der Waals surface area contributed by atoms with E-state index in [1.165, 1.54) is 14.2 Å². The van der Waals surface area contributed by atoms with Gasteiger partial charge in [0, 0.05) is 24.9 Å². The van der Waals surface area contributed by atoms with Gasteiger partial charge in [-0.2, -0.15) is 0 Å². The fourth-order valence-electron chi connectivity index (χ4n) is 4.05. The van der Waals surface area contributed by atoms with Crippen molar-refractivity contribution in [2.75, 3.05) is 21.3 Å². The van der Waals surface area contributed by atoms with Gasteiger partial charge in [-0.15, -0.1) is 0 Å². The lowest BCUT2D eigenvalue weighted by Gasteiger charge is -2.22. The standard InChI is InChI=1S/C26H25NO5/c1-30-19-14-20(31-2)22(23-21(19)18(15-27-23)16-10-6-4-7-11-16)24(28)25(29)26(32-3)17-12-8-5-9-13-17/h4-15,25-27,29H,1-3H3. The van der Waals surface area contributed by atoms with Crippen LogP contribution in [0.1, 0.15) is 22.0 Å². The Morgan fingerprint density at radius 3 is 2.12 bits per heavy atom. The molecule has 1 heterocycles. The Morgan fingerprint density at radius 2 is 1.53 bits per heavy atom. The molecule has 0 radical (unpaired) electrons. The largest absolute Gasteiger partial charge is 0.496 e. The summed E-state index contributed by atoms with van der Waals surface area (Å²) in [6, 6.07) is 20.6. The van der Waals surface area contributed by atoms with E-state index in [2.05, 4.69) is 4.98 Å². The molecule has 0 fully saturated rings. The number of hydrogen-bond acceptors (Lipinski definition) is 5. The number of hydrogen-bond donors (Lipinski definition) is 2.